The van der Waals surface area contributed by atoms with E-state index in [1.807, 2.05) is 6.92 Å². The zero-order valence-electron chi connectivity index (χ0n) is 8.59. The topological polar surface area (TPSA) is 40.5 Å². The van der Waals surface area contributed by atoms with Gasteiger partial charge in [0, 0.05) is 20.0 Å². The molecule has 0 heterocycles. The Kier molecular flexibility index (Phi) is 3.71. The van der Waals surface area contributed by atoms with Gasteiger partial charge in [-0.05, 0) is 20.3 Å². The predicted molar refractivity (Wildman–Crippen MR) is 48.8 cm³/mol. The van der Waals surface area contributed by atoms with Crippen molar-refractivity contribution in [1.82, 2.24) is 4.90 Å². The molecule has 0 aliphatic heterocycles. The van der Waals surface area contributed by atoms with Gasteiger partial charge in [-0.3, -0.25) is 4.79 Å². The van der Waals surface area contributed by atoms with E-state index in [2.05, 4.69) is 0 Å². The zero-order chi connectivity index (χ0) is 9.94. The molecule has 3 nitrogen and oxygen atoms in total. The fourth-order valence-electron chi connectivity index (χ4n) is 1.28. The van der Waals surface area contributed by atoms with Crippen LogP contribution >= 0.6 is 0 Å². The zero-order valence-corrected chi connectivity index (χ0v) is 8.59. The average molecular weight is 173 g/mol. The molecule has 3 heteroatoms. The third-order valence-corrected chi connectivity index (χ3v) is 1.67. The second-order valence-electron chi connectivity index (χ2n) is 4.15. The summed E-state index contributed by atoms with van der Waals surface area (Å²) in [7, 11) is 3.45. The van der Waals surface area contributed by atoms with Crippen LogP contribution in [0.4, 0.5) is 0 Å². The van der Waals surface area contributed by atoms with Crippen LogP contribution in [0.15, 0.2) is 0 Å². The Morgan fingerprint density at radius 3 is 2.17 bits per heavy atom. The lowest BCUT2D eigenvalue weighted by molar-refractivity contribution is -0.134. The number of hydrogen-bond acceptors (Lipinski definition) is 2. The van der Waals surface area contributed by atoms with E-state index in [1.165, 1.54) is 0 Å². The highest BCUT2D eigenvalue weighted by atomic mass is 16.3. The van der Waals surface area contributed by atoms with Crippen LogP contribution in [0, 0.1) is 5.92 Å². The second-order valence-corrected chi connectivity index (χ2v) is 4.15. The van der Waals surface area contributed by atoms with Crippen molar-refractivity contribution in [3.63, 3.8) is 0 Å². The Morgan fingerprint density at radius 1 is 1.50 bits per heavy atom. The summed E-state index contributed by atoms with van der Waals surface area (Å²) < 4.78 is 0. The summed E-state index contributed by atoms with van der Waals surface area (Å²) in [5.74, 6) is -0.0443. The van der Waals surface area contributed by atoms with E-state index >= 15 is 0 Å². The van der Waals surface area contributed by atoms with Crippen LogP contribution in [0.5, 0.6) is 0 Å². The summed E-state index contributed by atoms with van der Waals surface area (Å²) in [6.07, 6.45) is 0.504. The summed E-state index contributed by atoms with van der Waals surface area (Å²) in [4.78, 5) is 12.9. The van der Waals surface area contributed by atoms with Crippen molar-refractivity contribution >= 4 is 5.91 Å². The molecule has 0 saturated carbocycles. The quantitative estimate of drug-likeness (QED) is 0.688. The van der Waals surface area contributed by atoms with Gasteiger partial charge in [0.05, 0.1) is 5.60 Å². The first-order valence-electron chi connectivity index (χ1n) is 4.17. The molecule has 1 unspecified atom stereocenters. The first-order chi connectivity index (χ1) is 5.24. The Labute approximate surface area is 74.4 Å². The fraction of sp³-hybridized carbons (Fsp3) is 0.889. The van der Waals surface area contributed by atoms with E-state index in [4.69, 9.17) is 0 Å². The second kappa shape index (κ2) is 3.90. The smallest absolute Gasteiger partial charge is 0.224 e. The molecular formula is C9H19NO2. The molecule has 1 amide bonds. The van der Waals surface area contributed by atoms with Crippen LogP contribution in [0.2, 0.25) is 0 Å². The van der Waals surface area contributed by atoms with Crippen molar-refractivity contribution in [2.24, 2.45) is 5.92 Å². The molecule has 0 radical (unpaired) electrons. The van der Waals surface area contributed by atoms with Crippen molar-refractivity contribution in [3.8, 4) is 0 Å². The maximum Gasteiger partial charge on any atom is 0.224 e. The van der Waals surface area contributed by atoms with Crippen molar-refractivity contribution in [3.05, 3.63) is 0 Å². The summed E-state index contributed by atoms with van der Waals surface area (Å²) in [6.45, 7) is 5.26. The lowest BCUT2D eigenvalue weighted by atomic mass is 9.94. The number of aliphatic hydroxyl groups is 1. The molecule has 12 heavy (non-hydrogen) atoms. The molecule has 1 atom stereocenters. The molecule has 0 aromatic heterocycles. The van der Waals surface area contributed by atoms with E-state index < -0.39 is 5.60 Å². The summed E-state index contributed by atoms with van der Waals surface area (Å²) >= 11 is 0. The minimum atomic E-state index is -0.759. The van der Waals surface area contributed by atoms with E-state index in [-0.39, 0.29) is 11.8 Å². The van der Waals surface area contributed by atoms with Gasteiger partial charge in [-0.25, -0.2) is 0 Å². The number of carbonyl (C=O) groups excluding carboxylic acids is 1. The molecule has 0 saturated heterocycles. The van der Waals surface area contributed by atoms with E-state index in [1.54, 1.807) is 32.8 Å². The van der Waals surface area contributed by atoms with E-state index in [0.717, 1.165) is 0 Å². The van der Waals surface area contributed by atoms with E-state index in [9.17, 15) is 9.90 Å². The standard InChI is InChI=1S/C9H19NO2/c1-7(6-9(2,3)12)8(11)10(4)5/h7,12H,6H2,1-5H3. The highest BCUT2D eigenvalue weighted by Gasteiger charge is 2.23. The molecule has 72 valence electrons. The Morgan fingerprint density at radius 2 is 1.92 bits per heavy atom. The lowest BCUT2D eigenvalue weighted by Crippen LogP contribution is -2.33. The highest BCUT2D eigenvalue weighted by Crippen LogP contribution is 2.16. The molecule has 0 spiro atoms. The maximum atomic E-state index is 11.3. The van der Waals surface area contributed by atoms with E-state index in [0.29, 0.717) is 6.42 Å². The first-order valence-corrected chi connectivity index (χ1v) is 4.17. The van der Waals surface area contributed by atoms with Crippen molar-refractivity contribution < 1.29 is 9.90 Å². The van der Waals surface area contributed by atoms with Crippen LogP contribution in [0.3, 0.4) is 0 Å². The third kappa shape index (κ3) is 4.34. The Hall–Kier alpha value is -0.570. The van der Waals surface area contributed by atoms with Gasteiger partial charge in [0.2, 0.25) is 5.91 Å². The normalized spacial score (nSPS) is 14.2. The van der Waals surface area contributed by atoms with Crippen molar-refractivity contribution in [2.45, 2.75) is 32.8 Å². The molecule has 0 bridgehead atoms. The molecule has 0 rings (SSSR count). The average Bonchev–Trinajstić information content (AvgIpc) is 1.82. The maximum absolute atomic E-state index is 11.3. The molecular weight excluding hydrogens is 154 g/mol. The summed E-state index contributed by atoms with van der Waals surface area (Å²) in [6, 6.07) is 0. The number of amides is 1. The van der Waals surface area contributed by atoms with Gasteiger partial charge in [-0.15, -0.1) is 0 Å². The number of carbonyl (C=O) groups is 1. The highest BCUT2D eigenvalue weighted by molar-refractivity contribution is 5.77. The summed E-state index contributed by atoms with van der Waals surface area (Å²) in [5.41, 5.74) is -0.759. The SMILES string of the molecule is CC(CC(C)(C)O)C(=O)N(C)C. The number of rotatable bonds is 3. The third-order valence-electron chi connectivity index (χ3n) is 1.67. The lowest BCUT2D eigenvalue weighted by Gasteiger charge is -2.23. The van der Waals surface area contributed by atoms with Crippen LogP contribution in [-0.2, 0) is 4.79 Å². The molecule has 1 N–H and O–H groups in total. The van der Waals surface area contributed by atoms with Gasteiger partial charge in [0.1, 0.15) is 0 Å². The Balaban J connectivity index is 4.05. The van der Waals surface area contributed by atoms with Crippen LogP contribution in [-0.4, -0.2) is 35.6 Å². The van der Waals surface area contributed by atoms with Crippen LogP contribution in [0.1, 0.15) is 27.2 Å². The largest absolute Gasteiger partial charge is 0.390 e. The molecule has 0 aliphatic rings. The predicted octanol–water partition coefficient (Wildman–Crippen LogP) is 0.872. The number of hydrogen-bond donors (Lipinski definition) is 1. The minimum absolute atomic E-state index is 0.0668. The van der Waals surface area contributed by atoms with Gasteiger partial charge in [0.15, 0.2) is 0 Å². The van der Waals surface area contributed by atoms with Gasteiger partial charge in [0.25, 0.3) is 0 Å². The molecule has 0 fully saturated rings. The van der Waals surface area contributed by atoms with Gasteiger partial charge in [-0.1, -0.05) is 6.92 Å². The molecule has 0 aliphatic carbocycles. The molecule has 0 aromatic rings. The van der Waals surface area contributed by atoms with Gasteiger partial charge >= 0.3 is 0 Å². The first kappa shape index (κ1) is 11.4. The van der Waals surface area contributed by atoms with Crippen LogP contribution in [0.25, 0.3) is 0 Å². The Bertz CT molecular complexity index is 158. The minimum Gasteiger partial charge on any atom is -0.390 e. The van der Waals surface area contributed by atoms with Crippen molar-refractivity contribution in [2.75, 3.05) is 14.1 Å². The van der Waals surface area contributed by atoms with Crippen molar-refractivity contribution in [1.29, 1.82) is 0 Å². The monoisotopic (exact) mass is 173 g/mol. The number of nitrogens with zero attached hydrogens (tertiary/aromatic N) is 1. The molecule has 0 aromatic carbocycles. The van der Waals surface area contributed by atoms with Gasteiger partial charge < -0.3 is 10.0 Å². The summed E-state index contributed by atoms with van der Waals surface area (Å²) in [5, 5.41) is 9.45. The van der Waals surface area contributed by atoms with Crippen LogP contribution < -0.4 is 0 Å². The van der Waals surface area contributed by atoms with Gasteiger partial charge in [-0.2, -0.15) is 0 Å². The fourth-order valence-corrected chi connectivity index (χ4v) is 1.28.